The van der Waals surface area contributed by atoms with E-state index in [1.807, 2.05) is 32.9 Å². The Morgan fingerprint density at radius 2 is 1.58 bits per heavy atom. The molecule has 2 aliphatic heterocycles. The highest BCUT2D eigenvalue weighted by Gasteiger charge is 2.33. The van der Waals surface area contributed by atoms with Gasteiger partial charge in [-0.25, -0.2) is 9.97 Å². The van der Waals surface area contributed by atoms with Crippen LogP contribution in [0.25, 0.3) is 0 Å². The van der Waals surface area contributed by atoms with Gasteiger partial charge in [-0.15, -0.1) is 4.40 Å². The Hall–Kier alpha value is -2.48. The van der Waals surface area contributed by atoms with Crippen LogP contribution >= 0.6 is 0 Å². The molecule has 0 atom stereocenters. The number of hydrogen-bond donors (Lipinski definition) is 0. The summed E-state index contributed by atoms with van der Waals surface area (Å²) in [4.78, 5) is 13.6. The van der Waals surface area contributed by atoms with E-state index in [1.165, 1.54) is 0 Å². The van der Waals surface area contributed by atoms with Crippen molar-refractivity contribution in [1.29, 1.82) is 0 Å². The molecule has 1 aromatic heterocycles. The Labute approximate surface area is 153 Å². The molecule has 136 valence electrons. The van der Waals surface area contributed by atoms with Crippen molar-refractivity contribution in [3.05, 3.63) is 46.9 Å². The number of sulfonamides is 1. The van der Waals surface area contributed by atoms with Gasteiger partial charge in [0.2, 0.25) is 0 Å². The Bertz CT molecular complexity index is 1010. The first-order valence-electron chi connectivity index (χ1n) is 8.63. The van der Waals surface area contributed by atoms with E-state index in [4.69, 9.17) is 0 Å². The number of anilines is 1. The molecule has 1 aromatic carbocycles. The zero-order valence-electron chi connectivity index (χ0n) is 15.1. The summed E-state index contributed by atoms with van der Waals surface area (Å²) in [6.07, 6.45) is 0. The van der Waals surface area contributed by atoms with Crippen molar-refractivity contribution in [3.8, 4) is 0 Å². The Kier molecular flexibility index (Phi) is 3.95. The highest BCUT2D eigenvalue weighted by atomic mass is 32.2. The summed E-state index contributed by atoms with van der Waals surface area (Å²) in [5, 5.41) is 0. The van der Waals surface area contributed by atoms with Gasteiger partial charge in [0.05, 0.1) is 0 Å². The minimum atomic E-state index is -3.58. The van der Waals surface area contributed by atoms with Crippen LogP contribution in [0.3, 0.4) is 0 Å². The maximum Gasteiger partial charge on any atom is 0.285 e. The van der Waals surface area contributed by atoms with E-state index in [0.717, 1.165) is 36.0 Å². The fraction of sp³-hybridized carbons (Fsp3) is 0.389. The smallest absolute Gasteiger partial charge is 0.285 e. The first-order valence-corrected chi connectivity index (χ1v) is 10.1. The SMILES string of the molecule is Cc1nc(C)c(C)c(N2CCN(C3=NS(=O)(=O)c4ccccc43)CC2)n1. The third kappa shape index (κ3) is 2.74. The van der Waals surface area contributed by atoms with E-state index in [-0.39, 0.29) is 0 Å². The number of piperazine rings is 1. The van der Waals surface area contributed by atoms with Crippen LogP contribution in [0.4, 0.5) is 5.82 Å². The highest BCUT2D eigenvalue weighted by Crippen LogP contribution is 2.28. The maximum absolute atomic E-state index is 12.3. The van der Waals surface area contributed by atoms with Crippen molar-refractivity contribution in [2.24, 2.45) is 4.40 Å². The predicted octanol–water partition coefficient (Wildman–Crippen LogP) is 1.67. The van der Waals surface area contributed by atoms with E-state index in [1.54, 1.807) is 12.1 Å². The van der Waals surface area contributed by atoms with Crippen LogP contribution in [0.1, 0.15) is 22.6 Å². The van der Waals surface area contributed by atoms with E-state index < -0.39 is 10.0 Å². The van der Waals surface area contributed by atoms with Gasteiger partial charge in [0, 0.05) is 43.0 Å². The summed E-state index contributed by atoms with van der Waals surface area (Å²) >= 11 is 0. The number of rotatable bonds is 1. The minimum absolute atomic E-state index is 0.301. The van der Waals surface area contributed by atoms with Crippen LogP contribution in [-0.4, -0.2) is 55.3 Å². The fourth-order valence-electron chi connectivity index (χ4n) is 3.50. The molecule has 2 aliphatic rings. The van der Waals surface area contributed by atoms with Gasteiger partial charge in [-0.05, 0) is 32.9 Å². The number of fused-ring (bicyclic) bond motifs is 1. The molecule has 3 heterocycles. The molecule has 26 heavy (non-hydrogen) atoms. The van der Waals surface area contributed by atoms with Gasteiger partial charge >= 0.3 is 0 Å². The Morgan fingerprint density at radius 3 is 2.31 bits per heavy atom. The quantitative estimate of drug-likeness (QED) is 0.759. The van der Waals surface area contributed by atoms with Crippen molar-refractivity contribution in [2.45, 2.75) is 25.7 Å². The van der Waals surface area contributed by atoms with Crippen molar-refractivity contribution in [3.63, 3.8) is 0 Å². The summed E-state index contributed by atoms with van der Waals surface area (Å²) in [7, 11) is -3.58. The lowest BCUT2D eigenvalue weighted by molar-refractivity contribution is 0.385. The second-order valence-corrected chi connectivity index (χ2v) is 8.24. The fourth-order valence-corrected chi connectivity index (χ4v) is 4.73. The van der Waals surface area contributed by atoms with E-state index in [2.05, 4.69) is 24.2 Å². The molecule has 0 aliphatic carbocycles. The van der Waals surface area contributed by atoms with Crippen molar-refractivity contribution >= 4 is 21.7 Å². The molecule has 0 bridgehead atoms. The Balaban J connectivity index is 1.57. The summed E-state index contributed by atoms with van der Waals surface area (Å²) in [5.74, 6) is 2.30. The van der Waals surface area contributed by atoms with Gasteiger partial charge in [-0.1, -0.05) is 12.1 Å². The molecule has 2 aromatic rings. The number of hydrogen-bond acceptors (Lipinski definition) is 6. The van der Waals surface area contributed by atoms with Gasteiger partial charge in [-0.3, -0.25) is 0 Å². The molecule has 0 spiro atoms. The van der Waals surface area contributed by atoms with Crippen LogP contribution in [0.15, 0.2) is 33.6 Å². The molecule has 0 unspecified atom stereocenters. The third-order valence-corrected chi connectivity index (χ3v) is 6.29. The van der Waals surface area contributed by atoms with E-state index in [0.29, 0.717) is 29.4 Å². The van der Waals surface area contributed by atoms with Crippen LogP contribution in [0.2, 0.25) is 0 Å². The van der Waals surface area contributed by atoms with Crippen molar-refractivity contribution < 1.29 is 8.42 Å². The molecule has 0 radical (unpaired) electrons. The van der Waals surface area contributed by atoms with Gasteiger partial charge in [0.25, 0.3) is 10.0 Å². The summed E-state index contributed by atoms with van der Waals surface area (Å²) in [6, 6.07) is 7.02. The van der Waals surface area contributed by atoms with Gasteiger partial charge in [0.1, 0.15) is 16.5 Å². The van der Waals surface area contributed by atoms with E-state index in [9.17, 15) is 8.42 Å². The number of benzene rings is 1. The normalized spacial score (nSPS) is 18.7. The molecular weight excluding hydrogens is 350 g/mol. The zero-order chi connectivity index (χ0) is 18.5. The predicted molar refractivity (Wildman–Crippen MR) is 100 cm³/mol. The zero-order valence-corrected chi connectivity index (χ0v) is 15.9. The standard InChI is InChI=1S/C18H21N5O2S/c1-12-13(2)19-14(3)20-17(12)22-8-10-23(11-9-22)18-15-6-4-5-7-16(15)26(24,25)21-18/h4-7H,8-11H2,1-3H3. The lowest BCUT2D eigenvalue weighted by Crippen LogP contribution is -2.49. The molecule has 8 heteroatoms. The van der Waals surface area contributed by atoms with E-state index >= 15 is 0 Å². The number of aromatic nitrogens is 2. The van der Waals surface area contributed by atoms with Crippen LogP contribution in [0.5, 0.6) is 0 Å². The number of aryl methyl sites for hydroxylation is 2. The van der Waals surface area contributed by atoms with Gasteiger partial charge < -0.3 is 9.80 Å². The van der Waals surface area contributed by atoms with Crippen molar-refractivity contribution in [1.82, 2.24) is 14.9 Å². The molecule has 0 amide bonds. The highest BCUT2D eigenvalue weighted by molar-refractivity contribution is 7.90. The van der Waals surface area contributed by atoms with Crippen LogP contribution < -0.4 is 4.90 Å². The number of nitrogens with zero attached hydrogens (tertiary/aromatic N) is 5. The lowest BCUT2D eigenvalue weighted by Gasteiger charge is -2.37. The lowest BCUT2D eigenvalue weighted by atomic mass is 10.1. The third-order valence-electron chi connectivity index (χ3n) is 4.97. The first-order chi connectivity index (χ1) is 12.4. The topological polar surface area (TPSA) is 78.8 Å². The first kappa shape index (κ1) is 17.0. The molecular formula is C18H21N5O2S. The molecule has 1 fully saturated rings. The maximum atomic E-state index is 12.3. The summed E-state index contributed by atoms with van der Waals surface area (Å²) in [6.45, 7) is 8.87. The molecule has 0 saturated carbocycles. The van der Waals surface area contributed by atoms with Crippen molar-refractivity contribution in [2.75, 3.05) is 31.1 Å². The molecule has 4 rings (SSSR count). The largest absolute Gasteiger partial charge is 0.353 e. The molecule has 1 saturated heterocycles. The second kappa shape index (κ2) is 6.05. The summed E-state index contributed by atoms with van der Waals surface area (Å²) < 4.78 is 28.6. The number of amidine groups is 1. The Morgan fingerprint density at radius 1 is 0.923 bits per heavy atom. The van der Waals surface area contributed by atoms with Crippen LogP contribution in [-0.2, 0) is 10.0 Å². The molecule has 0 N–H and O–H groups in total. The average molecular weight is 371 g/mol. The second-order valence-electron chi connectivity index (χ2n) is 6.67. The van der Waals surface area contributed by atoms with Gasteiger partial charge in [0.15, 0.2) is 5.84 Å². The average Bonchev–Trinajstić information content (AvgIpc) is 2.90. The monoisotopic (exact) mass is 371 g/mol. The molecule has 7 nitrogen and oxygen atoms in total. The minimum Gasteiger partial charge on any atom is -0.353 e. The van der Waals surface area contributed by atoms with Gasteiger partial charge in [-0.2, -0.15) is 8.42 Å². The van der Waals surface area contributed by atoms with Crippen LogP contribution in [0, 0.1) is 20.8 Å². The summed E-state index contributed by atoms with van der Waals surface area (Å²) in [5.41, 5.74) is 2.79.